The van der Waals surface area contributed by atoms with Gasteiger partial charge in [-0.15, -0.1) is 0 Å². The Morgan fingerprint density at radius 2 is 2.27 bits per heavy atom. The predicted molar refractivity (Wildman–Crippen MR) is 50.3 cm³/mol. The third-order valence-electron chi connectivity index (χ3n) is 1.86. The number of hydrogen-bond acceptors (Lipinski definition) is 3. The first-order valence-electron chi connectivity index (χ1n) is 4.02. The number of thiol groups is 1. The van der Waals surface area contributed by atoms with Crippen LogP contribution in [0.4, 0.5) is 0 Å². The predicted octanol–water partition coefficient (Wildman–Crippen LogP) is 1.03. The minimum atomic E-state index is 0.0134. The van der Waals surface area contributed by atoms with Crippen LogP contribution in [-0.4, -0.2) is 42.5 Å². The molecular weight excluding hydrogens is 158 g/mol. The molecule has 2 atom stereocenters. The van der Waals surface area contributed by atoms with Gasteiger partial charge >= 0.3 is 0 Å². The quantitative estimate of drug-likeness (QED) is 0.552. The molecule has 0 amide bonds. The molecule has 0 aromatic rings. The monoisotopic (exact) mass is 175 g/mol. The first-order valence-corrected chi connectivity index (χ1v) is 4.47. The Labute approximate surface area is 74.3 Å². The molecular formula is C8H17NOS. The molecule has 1 saturated heterocycles. The second-order valence-corrected chi connectivity index (χ2v) is 4.89. The van der Waals surface area contributed by atoms with E-state index in [4.69, 9.17) is 4.74 Å². The van der Waals surface area contributed by atoms with E-state index < -0.39 is 0 Å². The lowest BCUT2D eigenvalue weighted by atomic mass is 10.2. The molecule has 2 unspecified atom stereocenters. The van der Waals surface area contributed by atoms with Crippen molar-refractivity contribution in [2.45, 2.75) is 24.7 Å². The zero-order valence-corrected chi connectivity index (χ0v) is 8.40. The Balaban J connectivity index is 2.53. The lowest BCUT2D eigenvalue weighted by molar-refractivity contribution is 0.0643. The number of hydrogen-bond donors (Lipinski definition) is 1. The van der Waals surface area contributed by atoms with Gasteiger partial charge in [-0.1, -0.05) is 0 Å². The van der Waals surface area contributed by atoms with E-state index in [0.717, 1.165) is 19.7 Å². The minimum absolute atomic E-state index is 0.0134. The molecule has 11 heavy (non-hydrogen) atoms. The van der Waals surface area contributed by atoms with Gasteiger partial charge in [0.05, 0.1) is 12.7 Å². The number of rotatable bonds is 0. The number of likely N-dealkylation sites (N-methyl/N-ethyl adjacent to an activating group) is 1. The van der Waals surface area contributed by atoms with Gasteiger partial charge in [-0.25, -0.2) is 0 Å². The lowest BCUT2D eigenvalue weighted by Gasteiger charge is -2.24. The highest BCUT2D eigenvalue weighted by atomic mass is 32.1. The summed E-state index contributed by atoms with van der Waals surface area (Å²) in [7, 11) is 2.11. The molecule has 1 rings (SSSR count). The second kappa shape index (κ2) is 3.33. The first kappa shape index (κ1) is 9.36. The third-order valence-corrected chi connectivity index (χ3v) is 2.13. The van der Waals surface area contributed by atoms with Crippen LogP contribution in [0.2, 0.25) is 0 Å². The molecule has 0 bridgehead atoms. The summed E-state index contributed by atoms with van der Waals surface area (Å²) in [4.78, 5) is 2.27. The summed E-state index contributed by atoms with van der Waals surface area (Å²) in [6.45, 7) is 6.98. The van der Waals surface area contributed by atoms with E-state index in [2.05, 4.69) is 38.4 Å². The summed E-state index contributed by atoms with van der Waals surface area (Å²) >= 11 is 4.52. The van der Waals surface area contributed by atoms with Crippen LogP contribution < -0.4 is 0 Å². The summed E-state index contributed by atoms with van der Waals surface area (Å²) in [5.74, 6) is 0. The Kier molecular flexibility index (Phi) is 2.84. The van der Waals surface area contributed by atoms with Gasteiger partial charge in [-0.05, 0) is 20.9 Å². The third kappa shape index (κ3) is 3.01. The van der Waals surface area contributed by atoms with E-state index in [9.17, 15) is 0 Å². The molecule has 0 radical (unpaired) electrons. The largest absolute Gasteiger partial charge is 0.376 e. The maximum Gasteiger partial charge on any atom is 0.0674 e. The normalized spacial score (nSPS) is 42.0. The molecule has 0 aromatic carbocycles. The van der Waals surface area contributed by atoms with Crippen molar-refractivity contribution in [2.24, 2.45) is 0 Å². The highest BCUT2D eigenvalue weighted by Crippen LogP contribution is 2.19. The SMILES string of the molecule is CC1CN(C)CC(C)(S)CO1. The Bertz CT molecular complexity index is 138. The average molecular weight is 175 g/mol. The van der Waals surface area contributed by atoms with Crippen LogP contribution in [0.3, 0.4) is 0 Å². The zero-order valence-electron chi connectivity index (χ0n) is 7.50. The van der Waals surface area contributed by atoms with Gasteiger partial charge in [0.2, 0.25) is 0 Å². The number of ether oxygens (including phenoxy) is 1. The molecule has 1 aliphatic heterocycles. The Morgan fingerprint density at radius 3 is 2.91 bits per heavy atom. The van der Waals surface area contributed by atoms with Gasteiger partial charge in [0.1, 0.15) is 0 Å². The summed E-state index contributed by atoms with van der Waals surface area (Å²) in [6.07, 6.45) is 0.342. The van der Waals surface area contributed by atoms with Gasteiger partial charge in [-0.3, -0.25) is 0 Å². The molecule has 3 heteroatoms. The van der Waals surface area contributed by atoms with Crippen molar-refractivity contribution in [3.8, 4) is 0 Å². The van der Waals surface area contributed by atoms with E-state index >= 15 is 0 Å². The fourth-order valence-corrected chi connectivity index (χ4v) is 1.82. The Hall–Kier alpha value is 0.270. The summed E-state index contributed by atoms with van der Waals surface area (Å²) in [5.41, 5.74) is 0. The molecule has 0 spiro atoms. The molecule has 0 aromatic heterocycles. The molecule has 0 aliphatic carbocycles. The van der Waals surface area contributed by atoms with E-state index in [1.165, 1.54) is 0 Å². The van der Waals surface area contributed by atoms with Gasteiger partial charge < -0.3 is 9.64 Å². The summed E-state index contributed by atoms with van der Waals surface area (Å²) in [5, 5.41) is 0. The van der Waals surface area contributed by atoms with Crippen molar-refractivity contribution in [1.29, 1.82) is 0 Å². The molecule has 0 saturated carbocycles. The van der Waals surface area contributed by atoms with Crippen LogP contribution >= 0.6 is 12.6 Å². The second-order valence-electron chi connectivity index (χ2n) is 3.82. The maximum atomic E-state index is 5.57. The van der Waals surface area contributed by atoms with Crippen LogP contribution in [0.5, 0.6) is 0 Å². The van der Waals surface area contributed by atoms with Crippen molar-refractivity contribution < 1.29 is 4.74 Å². The fraction of sp³-hybridized carbons (Fsp3) is 1.00. The van der Waals surface area contributed by atoms with Gasteiger partial charge in [-0.2, -0.15) is 12.6 Å². The van der Waals surface area contributed by atoms with Crippen molar-refractivity contribution in [2.75, 3.05) is 26.7 Å². The van der Waals surface area contributed by atoms with E-state index in [-0.39, 0.29) is 4.75 Å². The molecule has 0 N–H and O–H groups in total. The first-order chi connectivity index (χ1) is 4.99. The Morgan fingerprint density at radius 1 is 1.64 bits per heavy atom. The summed E-state index contributed by atoms with van der Waals surface area (Å²) in [6, 6.07) is 0. The summed E-state index contributed by atoms with van der Waals surface area (Å²) < 4.78 is 5.58. The zero-order chi connectivity index (χ0) is 8.48. The topological polar surface area (TPSA) is 12.5 Å². The minimum Gasteiger partial charge on any atom is -0.376 e. The molecule has 1 fully saturated rings. The van der Waals surface area contributed by atoms with Crippen LogP contribution in [0.15, 0.2) is 0 Å². The van der Waals surface area contributed by atoms with Crippen molar-refractivity contribution in [3.05, 3.63) is 0 Å². The lowest BCUT2D eigenvalue weighted by Crippen LogP contribution is -2.35. The van der Waals surface area contributed by atoms with E-state index in [1.807, 2.05) is 0 Å². The molecule has 2 nitrogen and oxygen atoms in total. The maximum absolute atomic E-state index is 5.57. The highest BCUT2D eigenvalue weighted by molar-refractivity contribution is 7.81. The van der Waals surface area contributed by atoms with Crippen LogP contribution in [-0.2, 0) is 4.74 Å². The molecule has 66 valence electrons. The van der Waals surface area contributed by atoms with Crippen LogP contribution in [0, 0.1) is 0 Å². The van der Waals surface area contributed by atoms with Crippen LogP contribution in [0.25, 0.3) is 0 Å². The van der Waals surface area contributed by atoms with Crippen LogP contribution in [0.1, 0.15) is 13.8 Å². The van der Waals surface area contributed by atoms with E-state index in [0.29, 0.717) is 6.10 Å². The standard InChI is InChI=1S/C8H17NOS/c1-7-4-9(3)5-8(2,11)6-10-7/h7,11H,4-6H2,1-3H3. The molecule has 1 aliphatic rings. The highest BCUT2D eigenvalue weighted by Gasteiger charge is 2.26. The van der Waals surface area contributed by atoms with Gasteiger partial charge in [0.25, 0.3) is 0 Å². The van der Waals surface area contributed by atoms with Gasteiger partial charge in [0, 0.05) is 17.8 Å². The van der Waals surface area contributed by atoms with E-state index in [1.54, 1.807) is 0 Å². The van der Waals surface area contributed by atoms with Crippen molar-refractivity contribution in [1.82, 2.24) is 4.90 Å². The smallest absolute Gasteiger partial charge is 0.0674 e. The fourth-order valence-electron chi connectivity index (χ4n) is 1.51. The van der Waals surface area contributed by atoms with Crippen molar-refractivity contribution in [3.63, 3.8) is 0 Å². The number of nitrogens with zero attached hydrogens (tertiary/aromatic N) is 1. The van der Waals surface area contributed by atoms with Gasteiger partial charge in [0.15, 0.2) is 0 Å². The van der Waals surface area contributed by atoms with Crippen molar-refractivity contribution >= 4 is 12.6 Å². The average Bonchev–Trinajstić information content (AvgIpc) is 1.90. The molecule has 1 heterocycles.